The summed E-state index contributed by atoms with van der Waals surface area (Å²) in [6.45, 7) is 4.28. The van der Waals surface area contributed by atoms with Crippen LogP contribution in [0.3, 0.4) is 0 Å². The van der Waals surface area contributed by atoms with E-state index in [-0.39, 0.29) is 30.6 Å². The second kappa shape index (κ2) is 8.30. The second-order valence-corrected chi connectivity index (χ2v) is 6.43. The quantitative estimate of drug-likeness (QED) is 0.898. The molecule has 1 N–H and O–H groups in total. The average molecular weight is 373 g/mol. The Bertz CT molecular complexity index is 660. The van der Waals surface area contributed by atoms with E-state index in [2.05, 4.69) is 15.3 Å². The number of nitrogens with one attached hydrogen (secondary N) is 1. The average Bonchev–Trinajstić information content (AvgIpc) is 2.75. The monoisotopic (exact) mass is 372 g/mol. The number of hydrogen-bond donors (Lipinski definition) is 1. The van der Waals surface area contributed by atoms with Crippen molar-refractivity contribution in [2.75, 3.05) is 19.6 Å². The Balaban J connectivity index is 0.00000104. The minimum absolute atomic E-state index is 0. The van der Waals surface area contributed by atoms with Crippen molar-refractivity contribution in [2.45, 2.75) is 25.4 Å². The smallest absolute Gasteiger partial charge is 0.148 e. The fourth-order valence-corrected chi connectivity index (χ4v) is 3.67. The Kier molecular flexibility index (Phi) is 6.63. The number of benzene rings is 1. The van der Waals surface area contributed by atoms with Gasteiger partial charge in [-0.3, -0.25) is 4.90 Å². The normalized spacial score (nSPS) is 23.2. The van der Waals surface area contributed by atoms with Crippen LogP contribution in [0.15, 0.2) is 36.7 Å². The molecule has 1 aromatic heterocycles. The van der Waals surface area contributed by atoms with Crippen molar-refractivity contribution >= 4 is 24.8 Å². The molecule has 3 saturated heterocycles. The molecule has 0 amide bonds. The number of halogens is 3. The van der Waals surface area contributed by atoms with Gasteiger partial charge in [-0.05, 0) is 37.4 Å². The van der Waals surface area contributed by atoms with Crippen LogP contribution in [0.2, 0.25) is 0 Å². The highest BCUT2D eigenvalue weighted by Gasteiger charge is 2.31. The molecule has 3 fully saturated rings. The van der Waals surface area contributed by atoms with Crippen LogP contribution in [0, 0.1) is 11.7 Å². The third kappa shape index (κ3) is 3.91. The maximum absolute atomic E-state index is 13.8. The van der Waals surface area contributed by atoms with Gasteiger partial charge in [0.05, 0.1) is 6.20 Å². The standard InChI is InChI=1S/C17H21FN4.2ClH/c18-16-3-1-2-4-17(16)22-12-14(8-20-22)11-21-10-13-5-6-15(21)9-19-7-13;;/h1-4,8,12-13,15,19H,5-7,9-11H2;2*1H/t13-,15+;;/m1../s1. The predicted molar refractivity (Wildman–Crippen MR) is 97.8 cm³/mol. The first-order chi connectivity index (χ1) is 10.8. The summed E-state index contributed by atoms with van der Waals surface area (Å²) < 4.78 is 15.5. The van der Waals surface area contributed by atoms with Gasteiger partial charge in [0.15, 0.2) is 0 Å². The van der Waals surface area contributed by atoms with E-state index in [9.17, 15) is 4.39 Å². The van der Waals surface area contributed by atoms with Crippen LogP contribution < -0.4 is 5.32 Å². The first-order valence-electron chi connectivity index (χ1n) is 8.03. The predicted octanol–water partition coefficient (Wildman–Crippen LogP) is 3.04. The van der Waals surface area contributed by atoms with Crippen LogP contribution in [-0.2, 0) is 6.54 Å². The van der Waals surface area contributed by atoms with Gasteiger partial charge in [-0.1, -0.05) is 12.1 Å². The summed E-state index contributed by atoms with van der Waals surface area (Å²) in [7, 11) is 0. The van der Waals surface area contributed by atoms with Crippen molar-refractivity contribution in [1.29, 1.82) is 0 Å². The molecule has 2 bridgehead atoms. The summed E-state index contributed by atoms with van der Waals surface area (Å²) in [5, 5.41) is 7.88. The molecular formula is C17H23Cl2FN4. The molecule has 5 rings (SSSR count). The Labute approximate surface area is 154 Å². The highest BCUT2D eigenvalue weighted by atomic mass is 35.5. The minimum atomic E-state index is -0.241. The molecule has 0 radical (unpaired) electrons. The highest BCUT2D eigenvalue weighted by Crippen LogP contribution is 2.26. The van der Waals surface area contributed by atoms with E-state index in [1.807, 2.05) is 18.5 Å². The number of nitrogens with zero attached hydrogens (tertiary/aromatic N) is 3. The number of hydrogen-bond acceptors (Lipinski definition) is 3. The molecule has 0 saturated carbocycles. The van der Waals surface area contributed by atoms with E-state index in [0.29, 0.717) is 11.7 Å². The Morgan fingerprint density at radius 2 is 2.00 bits per heavy atom. The summed E-state index contributed by atoms with van der Waals surface area (Å²) in [6.07, 6.45) is 6.42. The van der Waals surface area contributed by atoms with Crippen LogP contribution >= 0.6 is 24.8 Å². The molecule has 2 atom stereocenters. The van der Waals surface area contributed by atoms with Crippen LogP contribution in [0.1, 0.15) is 18.4 Å². The lowest BCUT2D eigenvalue weighted by atomic mass is 9.95. The lowest BCUT2D eigenvalue weighted by Gasteiger charge is -2.35. The van der Waals surface area contributed by atoms with Crippen molar-refractivity contribution in [3.63, 3.8) is 0 Å². The molecule has 3 aliphatic heterocycles. The van der Waals surface area contributed by atoms with Crippen molar-refractivity contribution in [3.05, 3.63) is 48.0 Å². The molecule has 7 heteroatoms. The van der Waals surface area contributed by atoms with Crippen molar-refractivity contribution < 1.29 is 4.39 Å². The van der Waals surface area contributed by atoms with Gasteiger partial charge in [-0.2, -0.15) is 5.10 Å². The zero-order chi connectivity index (χ0) is 14.9. The summed E-state index contributed by atoms with van der Waals surface area (Å²) in [6, 6.07) is 7.37. The van der Waals surface area contributed by atoms with E-state index in [1.54, 1.807) is 16.8 Å². The van der Waals surface area contributed by atoms with Crippen molar-refractivity contribution in [1.82, 2.24) is 20.0 Å². The van der Waals surface area contributed by atoms with Crippen LogP contribution in [0.4, 0.5) is 4.39 Å². The van der Waals surface area contributed by atoms with E-state index in [4.69, 9.17) is 0 Å². The number of aromatic nitrogens is 2. The van der Waals surface area contributed by atoms with E-state index in [0.717, 1.165) is 37.7 Å². The van der Waals surface area contributed by atoms with Gasteiger partial charge >= 0.3 is 0 Å². The zero-order valence-electron chi connectivity index (χ0n) is 13.4. The largest absolute Gasteiger partial charge is 0.315 e. The third-order valence-corrected chi connectivity index (χ3v) is 4.85. The molecular weight excluding hydrogens is 350 g/mol. The van der Waals surface area contributed by atoms with Crippen molar-refractivity contribution in [3.8, 4) is 5.69 Å². The van der Waals surface area contributed by atoms with E-state index >= 15 is 0 Å². The Hall–Kier alpha value is -1.14. The van der Waals surface area contributed by atoms with Gasteiger partial charge in [-0.15, -0.1) is 24.8 Å². The number of piperidine rings is 1. The van der Waals surface area contributed by atoms with Crippen LogP contribution in [0.5, 0.6) is 0 Å². The lowest BCUT2D eigenvalue weighted by Crippen LogP contribution is -2.42. The molecule has 2 aromatic rings. The molecule has 3 aliphatic rings. The molecule has 24 heavy (non-hydrogen) atoms. The lowest BCUT2D eigenvalue weighted by molar-refractivity contribution is 0.126. The van der Waals surface area contributed by atoms with Gasteiger partial charge in [0, 0.05) is 37.4 Å². The Morgan fingerprint density at radius 3 is 2.83 bits per heavy atom. The van der Waals surface area contributed by atoms with Gasteiger partial charge in [0.2, 0.25) is 0 Å². The molecule has 1 aromatic carbocycles. The fraction of sp³-hybridized carbons (Fsp3) is 0.471. The first-order valence-corrected chi connectivity index (χ1v) is 8.03. The third-order valence-electron chi connectivity index (χ3n) is 4.85. The van der Waals surface area contributed by atoms with Gasteiger partial charge in [-0.25, -0.2) is 9.07 Å². The SMILES string of the molecule is Cl.Cl.Fc1ccccc1-n1cc(CN2C[C@@H]3CC[C@H]2CNC3)cn1. The molecule has 4 nitrogen and oxygen atoms in total. The molecule has 0 spiro atoms. The molecule has 4 heterocycles. The summed E-state index contributed by atoms with van der Waals surface area (Å²) in [5.41, 5.74) is 1.66. The number of fused-ring (bicyclic) bond motifs is 4. The van der Waals surface area contributed by atoms with E-state index < -0.39 is 0 Å². The van der Waals surface area contributed by atoms with Gasteiger partial charge < -0.3 is 5.32 Å². The summed E-state index contributed by atoms with van der Waals surface area (Å²) >= 11 is 0. The summed E-state index contributed by atoms with van der Waals surface area (Å²) in [5.74, 6) is 0.524. The maximum Gasteiger partial charge on any atom is 0.148 e. The number of rotatable bonds is 3. The Morgan fingerprint density at radius 1 is 1.17 bits per heavy atom. The molecule has 132 valence electrons. The van der Waals surface area contributed by atoms with Crippen molar-refractivity contribution in [2.24, 2.45) is 5.92 Å². The van der Waals surface area contributed by atoms with Crippen LogP contribution in [0.25, 0.3) is 5.69 Å². The minimum Gasteiger partial charge on any atom is -0.315 e. The van der Waals surface area contributed by atoms with Gasteiger partial charge in [0.1, 0.15) is 11.5 Å². The maximum atomic E-state index is 13.8. The fourth-order valence-electron chi connectivity index (χ4n) is 3.67. The highest BCUT2D eigenvalue weighted by molar-refractivity contribution is 5.85. The molecule has 0 aliphatic carbocycles. The number of para-hydroxylation sites is 1. The topological polar surface area (TPSA) is 33.1 Å². The first kappa shape index (κ1) is 19.2. The summed E-state index contributed by atoms with van der Waals surface area (Å²) in [4.78, 5) is 2.55. The van der Waals surface area contributed by atoms with Crippen LogP contribution in [-0.4, -0.2) is 40.4 Å². The second-order valence-electron chi connectivity index (χ2n) is 6.43. The van der Waals surface area contributed by atoms with E-state index in [1.165, 1.54) is 18.9 Å². The molecule has 0 unspecified atom stereocenters. The van der Waals surface area contributed by atoms with Gasteiger partial charge in [0.25, 0.3) is 0 Å². The zero-order valence-corrected chi connectivity index (χ0v) is 15.0.